The van der Waals surface area contributed by atoms with Crippen LogP contribution in [0.1, 0.15) is 18.9 Å². The highest BCUT2D eigenvalue weighted by atomic mass is 32.3. The Morgan fingerprint density at radius 2 is 2.06 bits per heavy atom. The molecule has 0 fully saturated rings. The van der Waals surface area contributed by atoms with E-state index in [0.717, 1.165) is 12.8 Å². The van der Waals surface area contributed by atoms with E-state index >= 15 is 0 Å². The summed E-state index contributed by atoms with van der Waals surface area (Å²) in [5, 5.41) is 9.81. The molecule has 0 saturated carbocycles. The Bertz CT molecular complexity index is 391. The first kappa shape index (κ1) is 15.3. The molecule has 18 heavy (non-hydrogen) atoms. The van der Waals surface area contributed by atoms with Crippen molar-refractivity contribution in [1.82, 2.24) is 0 Å². The highest BCUT2D eigenvalue weighted by molar-refractivity contribution is 8.33. The standard InChI is InChI=1S/C14H23BO2S/c1-11(15)18(3,4)9-5-6-12-7-8-13(16)14(10-12)17-2/h7-8,10-11,16H,5-6,9H2,1-4H3. The molecule has 1 atom stereocenters. The van der Waals surface area contributed by atoms with Crippen molar-refractivity contribution in [3.63, 3.8) is 0 Å². The van der Waals surface area contributed by atoms with Gasteiger partial charge < -0.3 is 9.84 Å². The summed E-state index contributed by atoms with van der Waals surface area (Å²) in [5.41, 5.74) is 1.20. The van der Waals surface area contributed by atoms with E-state index in [2.05, 4.69) is 19.4 Å². The first-order valence-electron chi connectivity index (χ1n) is 6.18. The molecule has 4 heteroatoms. The molecule has 1 rings (SSSR count). The van der Waals surface area contributed by atoms with Crippen LogP contribution in [-0.4, -0.2) is 43.5 Å². The van der Waals surface area contributed by atoms with Crippen LogP contribution in [0.25, 0.3) is 0 Å². The molecule has 0 aliphatic heterocycles. The summed E-state index contributed by atoms with van der Waals surface area (Å²) in [7, 11) is 6.88. The number of aromatic hydroxyl groups is 1. The van der Waals surface area contributed by atoms with Gasteiger partial charge in [-0.25, -0.2) is 0 Å². The third-order valence-corrected chi connectivity index (χ3v) is 6.74. The quantitative estimate of drug-likeness (QED) is 0.802. The van der Waals surface area contributed by atoms with Crippen LogP contribution in [0.2, 0.25) is 0 Å². The predicted octanol–water partition coefficient (Wildman–Crippen LogP) is 2.91. The van der Waals surface area contributed by atoms with Gasteiger partial charge in [-0.1, -0.05) is 18.1 Å². The van der Waals surface area contributed by atoms with Gasteiger partial charge in [0.15, 0.2) is 11.5 Å². The molecule has 0 aliphatic rings. The second-order valence-corrected chi connectivity index (χ2v) is 9.54. The van der Waals surface area contributed by atoms with Crippen LogP contribution in [-0.2, 0) is 6.42 Å². The zero-order chi connectivity index (χ0) is 13.8. The number of phenols is 1. The molecule has 2 radical (unpaired) electrons. The van der Waals surface area contributed by atoms with E-state index in [0.29, 0.717) is 5.75 Å². The fraction of sp³-hybridized carbons (Fsp3) is 0.571. The summed E-state index contributed by atoms with van der Waals surface area (Å²) in [6, 6.07) is 5.55. The summed E-state index contributed by atoms with van der Waals surface area (Å²) < 4.78 is 5.11. The van der Waals surface area contributed by atoms with Gasteiger partial charge in [-0.2, -0.15) is 0 Å². The highest BCUT2D eigenvalue weighted by Gasteiger charge is 2.15. The first-order valence-corrected chi connectivity index (χ1v) is 8.86. The Morgan fingerprint density at radius 3 is 2.61 bits per heavy atom. The van der Waals surface area contributed by atoms with Gasteiger partial charge in [0.1, 0.15) is 0 Å². The molecule has 0 heterocycles. The largest absolute Gasteiger partial charge is 0.504 e. The number of rotatable bonds is 6. The molecule has 2 nitrogen and oxygen atoms in total. The van der Waals surface area contributed by atoms with E-state index in [4.69, 9.17) is 12.6 Å². The van der Waals surface area contributed by atoms with Crippen LogP contribution >= 0.6 is 10.0 Å². The van der Waals surface area contributed by atoms with Gasteiger partial charge in [-0.05, 0) is 48.8 Å². The van der Waals surface area contributed by atoms with E-state index in [-0.39, 0.29) is 10.9 Å². The van der Waals surface area contributed by atoms with Gasteiger partial charge >= 0.3 is 0 Å². The monoisotopic (exact) mass is 266 g/mol. The SMILES string of the molecule is [B]C(C)S(C)(C)CCCc1ccc(O)c(OC)c1. The molecule has 1 unspecified atom stereocenters. The Morgan fingerprint density at radius 1 is 1.39 bits per heavy atom. The van der Waals surface area contributed by atoms with Crippen LogP contribution in [0.4, 0.5) is 0 Å². The zero-order valence-electron chi connectivity index (χ0n) is 11.8. The Hall–Kier alpha value is -0.765. The minimum atomic E-state index is -0.695. The van der Waals surface area contributed by atoms with Crippen molar-refractivity contribution in [2.45, 2.75) is 24.9 Å². The lowest BCUT2D eigenvalue weighted by Gasteiger charge is -2.36. The van der Waals surface area contributed by atoms with Gasteiger partial charge in [0.2, 0.25) is 0 Å². The molecule has 0 spiro atoms. The van der Waals surface area contributed by atoms with Crippen LogP contribution in [0.3, 0.4) is 0 Å². The molecule has 1 N–H and O–H groups in total. The van der Waals surface area contributed by atoms with Crippen LogP contribution < -0.4 is 4.74 Å². The Kier molecular flexibility index (Phi) is 5.45. The van der Waals surface area contributed by atoms with Crippen molar-refractivity contribution < 1.29 is 9.84 Å². The van der Waals surface area contributed by atoms with Crippen molar-refractivity contribution in [2.75, 3.05) is 25.4 Å². The fourth-order valence-electron chi connectivity index (χ4n) is 1.71. The van der Waals surface area contributed by atoms with Gasteiger partial charge in [0, 0.05) is 0 Å². The lowest BCUT2D eigenvalue weighted by molar-refractivity contribution is 0.373. The summed E-state index contributed by atoms with van der Waals surface area (Å²) in [6.45, 7) is 2.10. The van der Waals surface area contributed by atoms with Gasteiger partial charge in [-0.15, -0.1) is 0 Å². The van der Waals surface area contributed by atoms with E-state index in [1.54, 1.807) is 13.2 Å². The lowest BCUT2D eigenvalue weighted by atomic mass is 10.1. The topological polar surface area (TPSA) is 29.5 Å². The number of ether oxygens (including phenoxy) is 1. The molecule has 100 valence electrons. The van der Waals surface area contributed by atoms with Crippen LogP contribution in [0.5, 0.6) is 11.5 Å². The maximum absolute atomic E-state index is 9.53. The Labute approximate surface area is 113 Å². The number of hydrogen-bond acceptors (Lipinski definition) is 2. The number of hydrogen-bond donors (Lipinski definition) is 1. The second kappa shape index (κ2) is 6.42. The number of benzene rings is 1. The normalized spacial score (nSPS) is 14.2. The van der Waals surface area contributed by atoms with Crippen molar-refractivity contribution in [3.05, 3.63) is 23.8 Å². The third kappa shape index (κ3) is 4.16. The summed E-state index contributed by atoms with van der Waals surface area (Å²) in [5.74, 6) is 1.92. The van der Waals surface area contributed by atoms with E-state index in [1.165, 1.54) is 11.3 Å². The molecule has 0 bridgehead atoms. The molecular weight excluding hydrogens is 243 g/mol. The summed E-state index contributed by atoms with van der Waals surface area (Å²) in [6.07, 6.45) is 6.70. The third-order valence-electron chi connectivity index (χ3n) is 3.39. The second-order valence-electron chi connectivity index (χ2n) is 5.14. The summed E-state index contributed by atoms with van der Waals surface area (Å²) in [4.78, 5) is 0. The van der Waals surface area contributed by atoms with Crippen LogP contribution in [0.15, 0.2) is 18.2 Å². The molecular formula is C14H23BO2S. The maximum atomic E-state index is 9.53. The van der Waals surface area contributed by atoms with Gasteiger partial charge in [0.25, 0.3) is 0 Å². The van der Waals surface area contributed by atoms with Crippen molar-refractivity contribution in [2.24, 2.45) is 0 Å². The smallest absolute Gasteiger partial charge is 0.160 e. The van der Waals surface area contributed by atoms with E-state index in [1.807, 2.05) is 12.1 Å². The minimum absolute atomic E-state index is 0.197. The molecule has 0 aliphatic carbocycles. The molecule has 1 aromatic carbocycles. The lowest BCUT2D eigenvalue weighted by Crippen LogP contribution is -2.16. The Balaban J connectivity index is 2.54. The van der Waals surface area contributed by atoms with Crippen molar-refractivity contribution in [3.8, 4) is 11.5 Å². The van der Waals surface area contributed by atoms with Crippen LogP contribution in [0, 0.1) is 0 Å². The zero-order valence-corrected chi connectivity index (χ0v) is 12.6. The maximum Gasteiger partial charge on any atom is 0.160 e. The van der Waals surface area contributed by atoms with Gasteiger partial charge in [-0.3, -0.25) is 10.0 Å². The minimum Gasteiger partial charge on any atom is -0.504 e. The molecule has 0 aromatic heterocycles. The average molecular weight is 266 g/mol. The van der Waals surface area contributed by atoms with Gasteiger partial charge in [0.05, 0.1) is 15.0 Å². The highest BCUT2D eigenvalue weighted by Crippen LogP contribution is 2.44. The van der Waals surface area contributed by atoms with Crippen molar-refractivity contribution in [1.29, 1.82) is 0 Å². The predicted molar refractivity (Wildman–Crippen MR) is 82.5 cm³/mol. The molecule has 0 amide bonds. The number of phenolic OH excluding ortho intramolecular Hbond substituents is 1. The first-order chi connectivity index (χ1) is 8.36. The number of aryl methyl sites for hydroxylation is 1. The molecule has 0 saturated heterocycles. The summed E-state index contributed by atoms with van der Waals surface area (Å²) >= 11 is 0. The van der Waals surface area contributed by atoms with E-state index < -0.39 is 10.0 Å². The van der Waals surface area contributed by atoms with E-state index in [9.17, 15) is 5.11 Å². The average Bonchev–Trinajstić information content (AvgIpc) is 2.31. The molecule has 1 aromatic rings. The number of methoxy groups -OCH3 is 1. The van der Waals surface area contributed by atoms with Crippen molar-refractivity contribution >= 4 is 17.9 Å². The fourth-order valence-corrected chi connectivity index (χ4v) is 2.97.